The van der Waals surface area contributed by atoms with Crippen molar-refractivity contribution >= 4 is 5.91 Å². The zero-order valence-electron chi connectivity index (χ0n) is 14.3. The Hall–Kier alpha value is -1.62. The van der Waals surface area contributed by atoms with Crippen LogP contribution in [0.15, 0.2) is 24.3 Å². The molecular formula is C19H27FN2O2. The fourth-order valence-electron chi connectivity index (χ4n) is 3.69. The molecule has 0 radical (unpaired) electrons. The van der Waals surface area contributed by atoms with E-state index >= 15 is 0 Å². The van der Waals surface area contributed by atoms with Gasteiger partial charge in [0.2, 0.25) is 0 Å². The van der Waals surface area contributed by atoms with Crippen LogP contribution < -0.4 is 4.74 Å². The summed E-state index contributed by atoms with van der Waals surface area (Å²) in [5.41, 5.74) is 0. The molecule has 2 aliphatic rings. The van der Waals surface area contributed by atoms with E-state index in [1.165, 1.54) is 51.0 Å². The number of likely N-dealkylation sites (tertiary alicyclic amines) is 2. The maximum Gasteiger partial charge on any atom is 0.260 e. The van der Waals surface area contributed by atoms with Gasteiger partial charge in [-0.25, -0.2) is 4.39 Å². The van der Waals surface area contributed by atoms with E-state index in [-0.39, 0.29) is 18.3 Å². The van der Waals surface area contributed by atoms with Crippen molar-refractivity contribution < 1.29 is 13.9 Å². The van der Waals surface area contributed by atoms with E-state index in [1.54, 1.807) is 12.1 Å². The number of halogens is 1. The maximum atomic E-state index is 12.9. The highest BCUT2D eigenvalue weighted by Crippen LogP contribution is 2.21. The topological polar surface area (TPSA) is 32.8 Å². The molecule has 1 amide bonds. The molecule has 0 aromatic heterocycles. The Morgan fingerprint density at radius 1 is 1.04 bits per heavy atom. The van der Waals surface area contributed by atoms with Crippen LogP contribution in [0.25, 0.3) is 0 Å². The third-order valence-electron chi connectivity index (χ3n) is 5.09. The van der Waals surface area contributed by atoms with E-state index < -0.39 is 0 Å². The van der Waals surface area contributed by atoms with Crippen molar-refractivity contribution in [2.45, 2.75) is 32.1 Å². The Morgan fingerprint density at radius 2 is 1.79 bits per heavy atom. The summed E-state index contributed by atoms with van der Waals surface area (Å²) in [7, 11) is 0. The van der Waals surface area contributed by atoms with Crippen molar-refractivity contribution in [3.05, 3.63) is 30.1 Å². The lowest BCUT2D eigenvalue weighted by molar-refractivity contribution is -0.133. The first-order chi connectivity index (χ1) is 11.7. The lowest BCUT2D eigenvalue weighted by Gasteiger charge is -2.23. The van der Waals surface area contributed by atoms with Crippen LogP contribution in [-0.2, 0) is 4.79 Å². The number of carbonyl (C=O) groups excluding carboxylic acids is 1. The van der Waals surface area contributed by atoms with E-state index in [0.717, 1.165) is 25.9 Å². The Bertz CT molecular complexity index is 529. The number of carbonyl (C=O) groups is 1. The molecule has 132 valence electrons. The highest BCUT2D eigenvalue weighted by Gasteiger charge is 2.23. The Balaban J connectivity index is 1.42. The molecule has 0 saturated carbocycles. The predicted octanol–water partition coefficient (Wildman–Crippen LogP) is 2.93. The zero-order valence-corrected chi connectivity index (χ0v) is 14.3. The molecular weight excluding hydrogens is 307 g/mol. The van der Waals surface area contributed by atoms with Crippen LogP contribution in [0, 0.1) is 11.7 Å². The fraction of sp³-hybridized carbons (Fsp3) is 0.632. The number of amides is 1. The van der Waals surface area contributed by atoms with Crippen LogP contribution in [0.1, 0.15) is 32.1 Å². The van der Waals surface area contributed by atoms with E-state index in [4.69, 9.17) is 4.74 Å². The largest absolute Gasteiger partial charge is 0.484 e. The first kappa shape index (κ1) is 17.2. The zero-order chi connectivity index (χ0) is 16.8. The molecule has 3 rings (SSSR count). The standard InChI is InChI=1S/C19H27FN2O2/c20-17-5-7-18(8-6-17)24-15-19(23)22-12-3-4-16(9-13-22)14-21-10-1-2-11-21/h5-8,16H,1-4,9-15H2/t16-/m0/s1. The van der Waals surface area contributed by atoms with Gasteiger partial charge >= 0.3 is 0 Å². The van der Waals surface area contributed by atoms with E-state index in [9.17, 15) is 9.18 Å². The highest BCUT2D eigenvalue weighted by atomic mass is 19.1. The second-order valence-electron chi connectivity index (χ2n) is 6.93. The van der Waals surface area contributed by atoms with Gasteiger partial charge in [0.05, 0.1) is 0 Å². The van der Waals surface area contributed by atoms with Crippen molar-refractivity contribution in [2.75, 3.05) is 39.3 Å². The van der Waals surface area contributed by atoms with Gasteiger partial charge in [0.1, 0.15) is 11.6 Å². The molecule has 0 spiro atoms. The molecule has 0 N–H and O–H groups in total. The smallest absolute Gasteiger partial charge is 0.260 e. The number of hydrogen-bond acceptors (Lipinski definition) is 3. The van der Waals surface area contributed by atoms with E-state index in [0.29, 0.717) is 11.7 Å². The van der Waals surface area contributed by atoms with E-state index in [2.05, 4.69) is 4.90 Å². The molecule has 4 nitrogen and oxygen atoms in total. The second-order valence-corrected chi connectivity index (χ2v) is 6.93. The second kappa shape index (κ2) is 8.47. The number of ether oxygens (including phenoxy) is 1. The molecule has 1 aromatic rings. The molecule has 5 heteroatoms. The molecule has 1 aromatic carbocycles. The van der Waals surface area contributed by atoms with Crippen LogP contribution in [0.5, 0.6) is 5.75 Å². The summed E-state index contributed by atoms with van der Waals surface area (Å²) < 4.78 is 18.4. The first-order valence-corrected chi connectivity index (χ1v) is 9.09. The monoisotopic (exact) mass is 334 g/mol. The van der Waals surface area contributed by atoms with Crippen LogP contribution >= 0.6 is 0 Å². The van der Waals surface area contributed by atoms with Gasteiger partial charge in [-0.1, -0.05) is 0 Å². The summed E-state index contributed by atoms with van der Waals surface area (Å²) in [4.78, 5) is 16.9. The summed E-state index contributed by atoms with van der Waals surface area (Å²) in [5, 5.41) is 0. The van der Waals surface area contributed by atoms with Crippen molar-refractivity contribution in [3.63, 3.8) is 0 Å². The Morgan fingerprint density at radius 3 is 2.54 bits per heavy atom. The maximum absolute atomic E-state index is 12.9. The summed E-state index contributed by atoms with van der Waals surface area (Å²) in [5.74, 6) is 0.969. The van der Waals surface area contributed by atoms with Gasteiger partial charge in [0.25, 0.3) is 5.91 Å². The molecule has 24 heavy (non-hydrogen) atoms. The number of benzene rings is 1. The number of rotatable bonds is 5. The predicted molar refractivity (Wildman–Crippen MR) is 91.5 cm³/mol. The fourth-order valence-corrected chi connectivity index (χ4v) is 3.69. The number of hydrogen-bond donors (Lipinski definition) is 0. The van der Waals surface area contributed by atoms with Gasteiger partial charge in [-0.15, -0.1) is 0 Å². The lowest BCUT2D eigenvalue weighted by Crippen LogP contribution is -2.36. The minimum absolute atomic E-state index is 0.0288. The van der Waals surface area contributed by atoms with Crippen LogP contribution in [-0.4, -0.2) is 55.0 Å². The van der Waals surface area contributed by atoms with Crippen molar-refractivity contribution in [1.29, 1.82) is 0 Å². The molecule has 1 atom stereocenters. The molecule has 2 saturated heterocycles. The van der Waals surface area contributed by atoms with Crippen LogP contribution in [0.2, 0.25) is 0 Å². The first-order valence-electron chi connectivity index (χ1n) is 9.09. The molecule has 2 heterocycles. The molecule has 2 fully saturated rings. The molecule has 2 aliphatic heterocycles. The van der Waals surface area contributed by atoms with Gasteiger partial charge in [-0.05, 0) is 75.4 Å². The Labute approximate surface area is 143 Å². The average molecular weight is 334 g/mol. The highest BCUT2D eigenvalue weighted by molar-refractivity contribution is 5.77. The summed E-state index contributed by atoms with van der Waals surface area (Å²) >= 11 is 0. The van der Waals surface area contributed by atoms with E-state index in [1.807, 2.05) is 4.90 Å². The SMILES string of the molecule is O=C(COc1ccc(F)cc1)N1CCC[C@H](CN2CCCC2)CC1. The molecule has 0 unspecified atom stereocenters. The van der Waals surface area contributed by atoms with Gasteiger partial charge in [0.15, 0.2) is 6.61 Å². The third-order valence-corrected chi connectivity index (χ3v) is 5.09. The molecule has 0 bridgehead atoms. The Kier molecular flexibility index (Phi) is 6.07. The van der Waals surface area contributed by atoms with Gasteiger partial charge in [0, 0.05) is 19.6 Å². The molecule has 0 aliphatic carbocycles. The average Bonchev–Trinajstić information content (AvgIpc) is 2.98. The van der Waals surface area contributed by atoms with Crippen LogP contribution in [0.3, 0.4) is 0 Å². The third kappa shape index (κ3) is 4.94. The van der Waals surface area contributed by atoms with Crippen molar-refractivity contribution in [3.8, 4) is 5.75 Å². The summed E-state index contributed by atoms with van der Waals surface area (Å²) in [6.45, 7) is 5.35. The minimum atomic E-state index is -0.301. The van der Waals surface area contributed by atoms with Gasteiger partial charge < -0.3 is 14.5 Å². The summed E-state index contributed by atoms with van der Waals surface area (Å²) in [6.07, 6.45) is 6.02. The quantitative estimate of drug-likeness (QED) is 0.830. The van der Waals surface area contributed by atoms with Crippen LogP contribution in [0.4, 0.5) is 4.39 Å². The van der Waals surface area contributed by atoms with Gasteiger partial charge in [-0.3, -0.25) is 4.79 Å². The van der Waals surface area contributed by atoms with Crippen molar-refractivity contribution in [1.82, 2.24) is 9.80 Å². The minimum Gasteiger partial charge on any atom is -0.484 e. The number of nitrogens with zero attached hydrogens (tertiary/aromatic N) is 2. The van der Waals surface area contributed by atoms with Gasteiger partial charge in [-0.2, -0.15) is 0 Å². The lowest BCUT2D eigenvalue weighted by atomic mass is 10.0. The van der Waals surface area contributed by atoms with Crippen molar-refractivity contribution in [2.24, 2.45) is 5.92 Å². The normalized spacial score (nSPS) is 22.4. The summed E-state index contributed by atoms with van der Waals surface area (Å²) in [6, 6.07) is 5.79.